The minimum absolute atomic E-state index is 0.00449. The van der Waals surface area contributed by atoms with E-state index in [9.17, 15) is 10.1 Å². The summed E-state index contributed by atoms with van der Waals surface area (Å²) >= 11 is 0. The summed E-state index contributed by atoms with van der Waals surface area (Å²) in [5, 5.41) is 18.4. The van der Waals surface area contributed by atoms with Crippen LogP contribution in [-0.4, -0.2) is 46.8 Å². The summed E-state index contributed by atoms with van der Waals surface area (Å²) in [5.41, 5.74) is 1.41. The average Bonchev–Trinajstić information content (AvgIpc) is 3.46. The van der Waals surface area contributed by atoms with E-state index < -0.39 is 5.97 Å². The molecule has 148 valence electrons. The van der Waals surface area contributed by atoms with Gasteiger partial charge in [0, 0.05) is 23.5 Å². The summed E-state index contributed by atoms with van der Waals surface area (Å²) in [6.45, 7) is 1.68. The molecule has 1 saturated carbocycles. The molecule has 2 fully saturated rings. The quantitative estimate of drug-likeness (QED) is 0.798. The number of carbonyl (C=O) groups is 1. The van der Waals surface area contributed by atoms with Gasteiger partial charge in [0.2, 0.25) is 0 Å². The molecule has 3 heterocycles. The van der Waals surface area contributed by atoms with Crippen LogP contribution in [0.4, 0.5) is 5.82 Å². The number of nitrogens with zero attached hydrogens (tertiary/aromatic N) is 4. The summed E-state index contributed by atoms with van der Waals surface area (Å²) in [7, 11) is 0. The number of hydrogen-bond donors (Lipinski definition) is 1. The highest BCUT2D eigenvalue weighted by Gasteiger charge is 2.34. The number of ether oxygens (including phenoxy) is 2. The van der Waals surface area contributed by atoms with Crippen LogP contribution in [0.2, 0.25) is 0 Å². The molecule has 29 heavy (non-hydrogen) atoms. The van der Waals surface area contributed by atoms with Crippen molar-refractivity contribution in [3.63, 3.8) is 0 Å². The number of rotatable bonds is 6. The van der Waals surface area contributed by atoms with Gasteiger partial charge in [0.25, 0.3) is 0 Å². The molecule has 2 aromatic rings. The molecule has 1 aliphatic carbocycles. The zero-order chi connectivity index (χ0) is 20.0. The van der Waals surface area contributed by atoms with Crippen molar-refractivity contribution in [2.45, 2.75) is 37.2 Å². The third kappa shape index (κ3) is 3.44. The molecule has 0 radical (unpaired) electrons. The second kappa shape index (κ2) is 6.92. The smallest absolute Gasteiger partial charge is 0.304 e. The molecule has 0 spiro atoms. The zero-order valence-electron chi connectivity index (χ0n) is 15.7. The topological polar surface area (TPSA) is 109 Å². The molecule has 0 bridgehead atoms. The summed E-state index contributed by atoms with van der Waals surface area (Å²) in [6.07, 6.45) is 3.91. The van der Waals surface area contributed by atoms with Gasteiger partial charge in [-0.15, -0.1) is 0 Å². The fraction of sp³-hybridized carbons (Fsp3) is 0.429. The maximum atomic E-state index is 11.0. The fourth-order valence-electron chi connectivity index (χ4n) is 3.83. The minimum atomic E-state index is -0.826. The molecule has 0 unspecified atom stereocenters. The first kappa shape index (κ1) is 17.7. The molecule has 1 aromatic carbocycles. The largest absolute Gasteiger partial charge is 0.492 e. The zero-order valence-corrected chi connectivity index (χ0v) is 15.7. The predicted octanol–water partition coefficient (Wildman–Crippen LogP) is 2.44. The van der Waals surface area contributed by atoms with Gasteiger partial charge in [-0.1, -0.05) is 6.07 Å². The number of hydrogen-bond acceptors (Lipinski definition) is 7. The molecule has 0 amide bonds. The van der Waals surface area contributed by atoms with Crippen molar-refractivity contribution in [2.24, 2.45) is 0 Å². The Kier molecular flexibility index (Phi) is 4.23. The van der Waals surface area contributed by atoms with Crippen LogP contribution in [0.3, 0.4) is 0 Å². The number of carboxylic acids is 1. The van der Waals surface area contributed by atoms with E-state index in [1.807, 2.05) is 23.1 Å². The minimum Gasteiger partial charge on any atom is -0.492 e. The van der Waals surface area contributed by atoms with Gasteiger partial charge in [0.1, 0.15) is 35.1 Å². The highest BCUT2D eigenvalue weighted by Crippen LogP contribution is 2.40. The second-order valence-corrected chi connectivity index (χ2v) is 7.80. The Labute approximate surface area is 167 Å². The Morgan fingerprint density at radius 2 is 2.21 bits per heavy atom. The van der Waals surface area contributed by atoms with Gasteiger partial charge in [-0.2, -0.15) is 5.26 Å². The third-order valence-corrected chi connectivity index (χ3v) is 5.59. The lowest BCUT2D eigenvalue weighted by Gasteiger charge is -2.40. The van der Waals surface area contributed by atoms with Crippen LogP contribution in [-0.2, 0) is 4.79 Å². The number of anilines is 1. The van der Waals surface area contributed by atoms with Crippen molar-refractivity contribution in [2.75, 3.05) is 24.6 Å². The highest BCUT2D eigenvalue weighted by atomic mass is 16.5. The third-order valence-electron chi connectivity index (χ3n) is 5.59. The normalized spacial score (nSPS) is 20.4. The van der Waals surface area contributed by atoms with E-state index >= 15 is 0 Å². The highest BCUT2D eigenvalue weighted by molar-refractivity contribution is 5.68. The van der Waals surface area contributed by atoms with Gasteiger partial charge in [-0.25, -0.2) is 9.97 Å². The number of aliphatic carboxylic acids is 1. The lowest BCUT2D eigenvalue weighted by atomic mass is 9.98. The van der Waals surface area contributed by atoms with Crippen LogP contribution in [0.5, 0.6) is 11.5 Å². The Balaban J connectivity index is 1.23. The standard InChI is InChI=1S/C21H20N4O4/c22-7-14-8-23-20(12-1-2-12)24-21(14)25-9-16(10-25)29-15-3-4-17-13(5-19(26)27)11-28-18(17)6-15/h3-4,6,8,12-13,16H,1-2,5,9-11H2,(H,26,27)/t13-/m1/s1. The van der Waals surface area contributed by atoms with E-state index in [0.29, 0.717) is 48.5 Å². The van der Waals surface area contributed by atoms with Gasteiger partial charge in [0.15, 0.2) is 5.82 Å². The van der Waals surface area contributed by atoms with E-state index in [4.69, 9.17) is 14.6 Å². The Bertz CT molecular complexity index is 1010. The lowest BCUT2D eigenvalue weighted by molar-refractivity contribution is -0.137. The van der Waals surface area contributed by atoms with Crippen LogP contribution in [0.25, 0.3) is 0 Å². The van der Waals surface area contributed by atoms with E-state index in [2.05, 4.69) is 16.0 Å². The summed E-state index contributed by atoms with van der Waals surface area (Å²) in [4.78, 5) is 21.9. The molecule has 1 aromatic heterocycles. The van der Waals surface area contributed by atoms with Crippen LogP contribution >= 0.6 is 0 Å². The molecule has 1 N–H and O–H groups in total. The SMILES string of the molecule is N#Cc1cnc(C2CC2)nc1N1CC(Oc2ccc3c(c2)OC[C@H]3CC(=O)O)C1. The van der Waals surface area contributed by atoms with Crippen molar-refractivity contribution in [1.29, 1.82) is 5.26 Å². The number of aromatic nitrogens is 2. The van der Waals surface area contributed by atoms with Crippen molar-refractivity contribution < 1.29 is 19.4 Å². The molecule has 8 heteroatoms. The monoisotopic (exact) mass is 392 g/mol. The van der Waals surface area contributed by atoms with Crippen molar-refractivity contribution in [3.05, 3.63) is 41.3 Å². The van der Waals surface area contributed by atoms with Crippen molar-refractivity contribution in [3.8, 4) is 17.6 Å². The molecular formula is C21H20N4O4. The predicted molar refractivity (Wildman–Crippen MR) is 102 cm³/mol. The van der Waals surface area contributed by atoms with Crippen LogP contribution < -0.4 is 14.4 Å². The van der Waals surface area contributed by atoms with Gasteiger partial charge in [0.05, 0.1) is 32.3 Å². The maximum absolute atomic E-state index is 11.0. The number of benzene rings is 1. The Morgan fingerprint density at radius 3 is 2.93 bits per heavy atom. The summed E-state index contributed by atoms with van der Waals surface area (Å²) < 4.78 is 11.7. The van der Waals surface area contributed by atoms with E-state index in [-0.39, 0.29) is 18.4 Å². The van der Waals surface area contributed by atoms with Gasteiger partial charge < -0.3 is 19.5 Å². The second-order valence-electron chi connectivity index (χ2n) is 7.80. The molecule has 1 atom stereocenters. The Hall–Kier alpha value is -3.34. The van der Waals surface area contributed by atoms with Crippen molar-refractivity contribution >= 4 is 11.8 Å². The van der Waals surface area contributed by atoms with E-state index in [1.54, 1.807) is 6.20 Å². The number of nitriles is 1. The van der Waals surface area contributed by atoms with Crippen LogP contribution in [0, 0.1) is 11.3 Å². The molecule has 5 rings (SSSR count). The maximum Gasteiger partial charge on any atom is 0.304 e. The Morgan fingerprint density at radius 1 is 1.38 bits per heavy atom. The average molecular weight is 392 g/mol. The fourth-order valence-corrected chi connectivity index (χ4v) is 3.83. The first-order valence-corrected chi connectivity index (χ1v) is 9.78. The van der Waals surface area contributed by atoms with Crippen molar-refractivity contribution in [1.82, 2.24) is 9.97 Å². The number of carboxylic acid groups (broad SMARTS) is 1. The molecule has 2 aliphatic heterocycles. The van der Waals surface area contributed by atoms with Crippen LogP contribution in [0.15, 0.2) is 24.4 Å². The molecule has 8 nitrogen and oxygen atoms in total. The first-order chi connectivity index (χ1) is 14.1. The van der Waals surface area contributed by atoms with E-state index in [1.165, 1.54) is 0 Å². The lowest BCUT2D eigenvalue weighted by Crippen LogP contribution is -2.54. The van der Waals surface area contributed by atoms with Gasteiger partial charge in [-0.3, -0.25) is 4.79 Å². The van der Waals surface area contributed by atoms with E-state index in [0.717, 1.165) is 24.2 Å². The summed E-state index contributed by atoms with van der Waals surface area (Å²) in [5.74, 6) is 2.42. The summed E-state index contributed by atoms with van der Waals surface area (Å²) in [6, 6.07) is 7.76. The molecule has 1 saturated heterocycles. The molecule has 3 aliphatic rings. The van der Waals surface area contributed by atoms with Gasteiger partial charge in [-0.05, 0) is 18.9 Å². The van der Waals surface area contributed by atoms with Crippen LogP contribution in [0.1, 0.15) is 48.0 Å². The van der Waals surface area contributed by atoms with Gasteiger partial charge >= 0.3 is 5.97 Å². The molecular weight excluding hydrogens is 372 g/mol. The number of fused-ring (bicyclic) bond motifs is 1. The first-order valence-electron chi connectivity index (χ1n) is 9.78.